The molecule has 2 aliphatic heterocycles. The molecule has 3 aromatic rings. The fraction of sp³-hybridized carbons (Fsp3) is 0.462. The lowest BCUT2D eigenvalue weighted by atomic mass is 9.70. The Morgan fingerprint density at radius 3 is 2.25 bits per heavy atom. The van der Waals surface area contributed by atoms with Gasteiger partial charge in [0.15, 0.2) is 0 Å². The molecule has 1 saturated carbocycles. The highest BCUT2D eigenvalue weighted by atomic mass is 16.5. The Morgan fingerprint density at radius 2 is 1.61 bits per heavy atom. The Hall–Kier alpha value is -4.99. The van der Waals surface area contributed by atoms with Gasteiger partial charge in [0, 0.05) is 43.7 Å². The predicted molar refractivity (Wildman–Crippen MR) is 189 cm³/mol. The molecule has 4 amide bonds. The molecular formula is C39H46N6O6. The molecule has 12 heteroatoms. The molecule has 2 aromatic carbocycles. The third kappa shape index (κ3) is 8.16. The van der Waals surface area contributed by atoms with E-state index in [0.29, 0.717) is 31.7 Å². The zero-order valence-corrected chi connectivity index (χ0v) is 29.4. The van der Waals surface area contributed by atoms with Crippen molar-refractivity contribution in [1.82, 2.24) is 30.2 Å². The van der Waals surface area contributed by atoms with Crippen LogP contribution in [0.25, 0.3) is 0 Å². The second kappa shape index (κ2) is 15.1. The average molecular weight is 695 g/mol. The Morgan fingerprint density at radius 1 is 0.961 bits per heavy atom. The molecule has 12 nitrogen and oxygen atoms in total. The van der Waals surface area contributed by atoms with Gasteiger partial charge in [0.25, 0.3) is 5.91 Å². The van der Waals surface area contributed by atoms with Gasteiger partial charge >= 0.3 is 0 Å². The van der Waals surface area contributed by atoms with E-state index in [0.717, 1.165) is 17.5 Å². The van der Waals surface area contributed by atoms with Crippen molar-refractivity contribution in [2.24, 2.45) is 22.7 Å². The number of aliphatic hydroxyl groups excluding tert-OH is 1. The first kappa shape index (κ1) is 35.8. The van der Waals surface area contributed by atoms with Gasteiger partial charge in [-0.3, -0.25) is 23.9 Å². The van der Waals surface area contributed by atoms with Crippen LogP contribution in [0.15, 0.2) is 73.1 Å². The Kier molecular flexibility index (Phi) is 10.6. The number of hydrogen-bond acceptors (Lipinski definition) is 7. The number of amides is 4. The summed E-state index contributed by atoms with van der Waals surface area (Å²) < 4.78 is 7.79. The standard InChI is InChI=1S/C39H46N6O6/c1-27(51-23-29-14-8-5-9-15-29)33(35(48)40-16-10-11-17-46)42-34(47)32-22-43(24-39(32)25-44(26-39)37(50)31-18-38(31,2)3)36(49)30-19-41-45(21-30)20-28-12-6-4-7-13-28/h4-9,12-15,19,21,27,31-33,46H,16-18,20,22-26H2,1-3H3,(H,40,48)(H,42,47)/t27-,31-,32?,33+/m1/s1. The van der Waals surface area contributed by atoms with E-state index < -0.39 is 29.4 Å². The van der Waals surface area contributed by atoms with Crippen LogP contribution in [0.2, 0.25) is 0 Å². The summed E-state index contributed by atoms with van der Waals surface area (Å²) in [5, 5.41) is 19.1. The van der Waals surface area contributed by atoms with E-state index in [9.17, 15) is 19.2 Å². The van der Waals surface area contributed by atoms with E-state index >= 15 is 0 Å². The summed E-state index contributed by atoms with van der Waals surface area (Å²) in [6.07, 6.45) is 3.37. The molecule has 0 bridgehead atoms. The van der Waals surface area contributed by atoms with Gasteiger partial charge in [0.05, 0.1) is 43.5 Å². The van der Waals surface area contributed by atoms with Crippen molar-refractivity contribution in [3.05, 3.63) is 89.7 Å². The molecule has 3 heterocycles. The first-order chi connectivity index (χ1) is 24.5. The predicted octanol–water partition coefficient (Wildman–Crippen LogP) is 2.08. The van der Waals surface area contributed by atoms with Crippen LogP contribution in [0.1, 0.15) is 48.7 Å². The highest BCUT2D eigenvalue weighted by Gasteiger charge is 2.62. The number of rotatable bonds is 12. The molecule has 4 atom stereocenters. The van der Waals surface area contributed by atoms with Crippen LogP contribution < -0.4 is 10.6 Å². The lowest BCUT2D eigenvalue weighted by Crippen LogP contribution is -2.65. The summed E-state index contributed by atoms with van der Waals surface area (Å²) >= 11 is 0. The van der Waals surface area contributed by atoms with E-state index in [1.807, 2.05) is 60.7 Å². The molecule has 6 rings (SSSR count). The van der Waals surface area contributed by atoms with Crippen molar-refractivity contribution in [3.8, 4) is 11.8 Å². The van der Waals surface area contributed by atoms with Crippen molar-refractivity contribution in [3.63, 3.8) is 0 Å². The number of ether oxygens (including phenoxy) is 1. The molecule has 1 aromatic heterocycles. The summed E-state index contributed by atoms with van der Waals surface area (Å²) in [6, 6.07) is 18.3. The molecule has 268 valence electrons. The zero-order valence-electron chi connectivity index (χ0n) is 29.4. The minimum absolute atomic E-state index is 0.0145. The first-order valence-electron chi connectivity index (χ1n) is 17.4. The summed E-state index contributed by atoms with van der Waals surface area (Å²) in [7, 11) is 0. The number of nitrogens with zero attached hydrogens (tertiary/aromatic N) is 4. The van der Waals surface area contributed by atoms with Crippen LogP contribution >= 0.6 is 0 Å². The maximum Gasteiger partial charge on any atom is 0.257 e. The van der Waals surface area contributed by atoms with Gasteiger partial charge in [-0.15, -0.1) is 0 Å². The quantitative estimate of drug-likeness (QED) is 0.246. The van der Waals surface area contributed by atoms with Gasteiger partial charge in [-0.2, -0.15) is 5.10 Å². The van der Waals surface area contributed by atoms with E-state index in [2.05, 4.69) is 41.4 Å². The van der Waals surface area contributed by atoms with E-state index in [1.54, 1.807) is 33.8 Å². The number of carbonyl (C=O) groups excluding carboxylic acids is 4. The largest absolute Gasteiger partial charge is 0.384 e. The Bertz CT molecular complexity index is 1790. The SMILES string of the molecule is C[C@@H](OCc1ccccc1)[C@H](NC(=O)C1CN(C(=O)c2cnn(Cc3ccccc3)c2)CC12CN(C(=O)[C@H]1CC1(C)C)C2)C(=O)NCC#CCO. The lowest BCUT2D eigenvalue weighted by molar-refractivity contribution is -0.152. The van der Waals surface area contributed by atoms with Crippen molar-refractivity contribution >= 4 is 23.6 Å². The van der Waals surface area contributed by atoms with Crippen LogP contribution in [-0.2, 0) is 32.3 Å². The molecule has 51 heavy (non-hydrogen) atoms. The van der Waals surface area contributed by atoms with Crippen LogP contribution in [0.4, 0.5) is 0 Å². The fourth-order valence-electron chi connectivity index (χ4n) is 7.21. The zero-order chi connectivity index (χ0) is 36.2. The maximum atomic E-state index is 14.3. The van der Waals surface area contributed by atoms with Gasteiger partial charge in [-0.25, -0.2) is 0 Å². The molecule has 3 aliphatic rings. The van der Waals surface area contributed by atoms with E-state index in [-0.39, 0.29) is 55.4 Å². The molecule has 0 radical (unpaired) electrons. The molecule has 1 aliphatic carbocycles. The van der Waals surface area contributed by atoms with Crippen molar-refractivity contribution in [1.29, 1.82) is 0 Å². The number of aromatic nitrogens is 2. The summed E-state index contributed by atoms with van der Waals surface area (Å²) in [6.45, 7) is 7.39. The number of nitrogens with one attached hydrogen (secondary N) is 2. The topological polar surface area (TPSA) is 146 Å². The second-order valence-corrected chi connectivity index (χ2v) is 14.7. The van der Waals surface area contributed by atoms with Gasteiger partial charge in [-0.1, -0.05) is 86.4 Å². The summed E-state index contributed by atoms with van der Waals surface area (Å²) in [5.74, 6) is 3.42. The summed E-state index contributed by atoms with van der Waals surface area (Å²) in [5.41, 5.74) is 1.68. The first-order valence-corrected chi connectivity index (χ1v) is 17.4. The molecule has 3 N–H and O–H groups in total. The minimum Gasteiger partial charge on any atom is -0.384 e. The Labute approximate surface area is 298 Å². The molecular weight excluding hydrogens is 648 g/mol. The third-order valence-corrected chi connectivity index (χ3v) is 10.4. The van der Waals surface area contributed by atoms with Crippen LogP contribution in [0, 0.1) is 34.5 Å². The number of benzene rings is 2. The van der Waals surface area contributed by atoms with Crippen molar-refractivity contribution in [2.75, 3.05) is 39.3 Å². The van der Waals surface area contributed by atoms with E-state index in [1.165, 1.54) is 0 Å². The highest BCUT2D eigenvalue weighted by molar-refractivity contribution is 5.96. The molecule has 1 unspecified atom stereocenters. The summed E-state index contributed by atoms with van der Waals surface area (Å²) in [4.78, 5) is 58.5. The maximum absolute atomic E-state index is 14.3. The van der Waals surface area contributed by atoms with Crippen LogP contribution in [0.3, 0.4) is 0 Å². The fourth-order valence-corrected chi connectivity index (χ4v) is 7.21. The molecule has 2 saturated heterocycles. The normalized spacial score (nSPS) is 20.8. The van der Waals surface area contributed by atoms with Gasteiger partial charge in [-0.05, 0) is 29.9 Å². The monoisotopic (exact) mass is 694 g/mol. The number of hydrogen-bond donors (Lipinski definition) is 3. The lowest BCUT2D eigenvalue weighted by Gasteiger charge is -2.50. The highest BCUT2D eigenvalue weighted by Crippen LogP contribution is 2.54. The molecule has 3 fully saturated rings. The van der Waals surface area contributed by atoms with Gasteiger partial charge < -0.3 is 30.3 Å². The van der Waals surface area contributed by atoms with Crippen molar-refractivity contribution in [2.45, 2.75) is 52.5 Å². The molecule has 1 spiro atoms. The second-order valence-electron chi connectivity index (χ2n) is 14.7. The van der Waals surface area contributed by atoms with Gasteiger partial charge in [0.1, 0.15) is 12.6 Å². The smallest absolute Gasteiger partial charge is 0.257 e. The van der Waals surface area contributed by atoms with Crippen LogP contribution in [0.5, 0.6) is 0 Å². The number of likely N-dealkylation sites (tertiary alicyclic amines) is 2. The van der Waals surface area contributed by atoms with Crippen LogP contribution in [-0.4, -0.2) is 99.8 Å². The number of carbonyl (C=O) groups is 4. The Balaban J connectivity index is 1.19. The van der Waals surface area contributed by atoms with Crippen molar-refractivity contribution < 1.29 is 29.0 Å². The average Bonchev–Trinajstić information content (AvgIpc) is 3.41. The third-order valence-electron chi connectivity index (χ3n) is 10.4. The van der Waals surface area contributed by atoms with E-state index in [4.69, 9.17) is 9.84 Å². The van der Waals surface area contributed by atoms with Gasteiger partial charge in [0.2, 0.25) is 17.7 Å². The minimum atomic E-state index is -1.07. The number of aliphatic hydroxyl groups is 1.